The first-order valence-electron chi connectivity index (χ1n) is 5.52. The van der Waals surface area contributed by atoms with Crippen molar-refractivity contribution in [2.24, 2.45) is 11.3 Å². The molecule has 0 bridgehead atoms. The summed E-state index contributed by atoms with van der Waals surface area (Å²) >= 11 is 0. The third kappa shape index (κ3) is 3.13. The smallest absolute Gasteiger partial charge is 0.130 e. The molecule has 0 spiro atoms. The first kappa shape index (κ1) is 10.7. The molecular formula is C12H22O. The van der Waals surface area contributed by atoms with E-state index < -0.39 is 0 Å². The SMILES string of the molecule is CC(=O)CC1CCCCCC1(C)C. The lowest BCUT2D eigenvalue weighted by Crippen LogP contribution is -2.24. The van der Waals surface area contributed by atoms with Gasteiger partial charge in [0, 0.05) is 6.42 Å². The van der Waals surface area contributed by atoms with Gasteiger partial charge in [0.25, 0.3) is 0 Å². The zero-order chi connectivity index (χ0) is 9.90. The number of hydrogen-bond donors (Lipinski definition) is 0. The van der Waals surface area contributed by atoms with Crippen LogP contribution in [0.3, 0.4) is 0 Å². The monoisotopic (exact) mass is 182 g/mol. The van der Waals surface area contributed by atoms with Gasteiger partial charge in [0.1, 0.15) is 5.78 Å². The summed E-state index contributed by atoms with van der Waals surface area (Å²) in [6.07, 6.45) is 7.38. The normalized spacial score (nSPS) is 28.1. The molecule has 1 unspecified atom stereocenters. The van der Waals surface area contributed by atoms with Gasteiger partial charge in [0.15, 0.2) is 0 Å². The van der Waals surface area contributed by atoms with Crippen molar-refractivity contribution in [3.05, 3.63) is 0 Å². The Morgan fingerprint density at radius 3 is 2.62 bits per heavy atom. The van der Waals surface area contributed by atoms with Crippen molar-refractivity contribution in [1.82, 2.24) is 0 Å². The van der Waals surface area contributed by atoms with Crippen LogP contribution in [0.15, 0.2) is 0 Å². The molecule has 0 saturated heterocycles. The maximum atomic E-state index is 11.1. The van der Waals surface area contributed by atoms with E-state index in [2.05, 4.69) is 13.8 Å². The maximum Gasteiger partial charge on any atom is 0.130 e. The first-order valence-corrected chi connectivity index (χ1v) is 5.52. The van der Waals surface area contributed by atoms with Crippen LogP contribution in [0.2, 0.25) is 0 Å². The van der Waals surface area contributed by atoms with E-state index in [9.17, 15) is 4.79 Å². The molecule has 1 aliphatic carbocycles. The Hall–Kier alpha value is -0.330. The van der Waals surface area contributed by atoms with Crippen LogP contribution in [0, 0.1) is 11.3 Å². The Bertz CT molecular complexity index is 182. The lowest BCUT2D eigenvalue weighted by molar-refractivity contribution is -0.118. The maximum absolute atomic E-state index is 11.1. The highest BCUT2D eigenvalue weighted by Gasteiger charge is 2.31. The highest BCUT2D eigenvalue weighted by molar-refractivity contribution is 5.75. The number of carbonyl (C=O) groups excluding carboxylic acids is 1. The van der Waals surface area contributed by atoms with Crippen molar-refractivity contribution in [3.63, 3.8) is 0 Å². The summed E-state index contributed by atoms with van der Waals surface area (Å²) in [6.45, 7) is 6.37. The molecule has 1 rings (SSSR count). The Morgan fingerprint density at radius 1 is 1.31 bits per heavy atom. The molecule has 1 atom stereocenters. The molecule has 13 heavy (non-hydrogen) atoms. The zero-order valence-electron chi connectivity index (χ0n) is 9.23. The van der Waals surface area contributed by atoms with Crippen LogP contribution >= 0.6 is 0 Å². The predicted octanol–water partition coefficient (Wildman–Crippen LogP) is 3.57. The van der Waals surface area contributed by atoms with E-state index in [1.165, 1.54) is 32.1 Å². The second-order valence-electron chi connectivity index (χ2n) is 5.19. The first-order chi connectivity index (χ1) is 6.02. The summed E-state index contributed by atoms with van der Waals surface area (Å²) in [4.78, 5) is 11.1. The zero-order valence-corrected chi connectivity index (χ0v) is 9.23. The molecule has 0 aromatic carbocycles. The molecule has 0 aliphatic heterocycles. The van der Waals surface area contributed by atoms with Crippen LogP contribution in [-0.4, -0.2) is 5.78 Å². The standard InChI is InChI=1S/C12H22O/c1-10(13)9-11-7-5-4-6-8-12(11,2)3/h11H,4-9H2,1-3H3. The summed E-state index contributed by atoms with van der Waals surface area (Å²) in [5.41, 5.74) is 0.391. The summed E-state index contributed by atoms with van der Waals surface area (Å²) in [5, 5.41) is 0. The molecule has 1 heteroatoms. The fourth-order valence-corrected chi connectivity index (χ4v) is 2.47. The van der Waals surface area contributed by atoms with Gasteiger partial charge in [-0.1, -0.05) is 33.1 Å². The molecule has 0 amide bonds. The molecule has 0 radical (unpaired) electrons. The quantitative estimate of drug-likeness (QED) is 0.597. The molecule has 0 N–H and O–H groups in total. The minimum absolute atomic E-state index is 0.361. The Balaban J connectivity index is 2.60. The lowest BCUT2D eigenvalue weighted by atomic mass is 9.73. The fourth-order valence-electron chi connectivity index (χ4n) is 2.47. The van der Waals surface area contributed by atoms with Gasteiger partial charge >= 0.3 is 0 Å². The van der Waals surface area contributed by atoms with Gasteiger partial charge in [-0.2, -0.15) is 0 Å². The van der Waals surface area contributed by atoms with Crippen LogP contribution < -0.4 is 0 Å². The minimum atomic E-state index is 0.361. The fraction of sp³-hybridized carbons (Fsp3) is 0.917. The molecule has 0 heterocycles. The van der Waals surface area contributed by atoms with Crippen LogP contribution in [0.1, 0.15) is 59.3 Å². The van der Waals surface area contributed by atoms with E-state index in [0.29, 0.717) is 17.1 Å². The molecular weight excluding hydrogens is 160 g/mol. The number of hydrogen-bond acceptors (Lipinski definition) is 1. The van der Waals surface area contributed by atoms with E-state index in [4.69, 9.17) is 0 Å². The highest BCUT2D eigenvalue weighted by atomic mass is 16.1. The molecule has 1 aliphatic rings. The molecule has 1 saturated carbocycles. The lowest BCUT2D eigenvalue weighted by Gasteiger charge is -2.32. The Kier molecular flexibility index (Phi) is 3.52. The predicted molar refractivity (Wildman–Crippen MR) is 55.7 cm³/mol. The summed E-state index contributed by atoms with van der Waals surface area (Å²) in [6, 6.07) is 0. The molecule has 0 aromatic rings. The number of ketones is 1. The second-order valence-corrected chi connectivity index (χ2v) is 5.19. The van der Waals surface area contributed by atoms with Crippen LogP contribution in [0.5, 0.6) is 0 Å². The van der Waals surface area contributed by atoms with Crippen molar-refractivity contribution in [2.75, 3.05) is 0 Å². The summed E-state index contributed by atoms with van der Waals surface area (Å²) in [5.74, 6) is 0.993. The van der Waals surface area contributed by atoms with E-state index in [1.54, 1.807) is 6.92 Å². The van der Waals surface area contributed by atoms with E-state index in [-0.39, 0.29) is 0 Å². The van der Waals surface area contributed by atoms with Crippen LogP contribution in [0.4, 0.5) is 0 Å². The van der Waals surface area contributed by atoms with Gasteiger partial charge in [-0.3, -0.25) is 0 Å². The Labute approximate surface area is 81.9 Å². The molecule has 1 fully saturated rings. The van der Waals surface area contributed by atoms with Crippen LogP contribution in [0.25, 0.3) is 0 Å². The highest BCUT2D eigenvalue weighted by Crippen LogP contribution is 2.40. The van der Waals surface area contributed by atoms with Gasteiger partial charge < -0.3 is 4.79 Å². The topological polar surface area (TPSA) is 17.1 Å². The van der Waals surface area contributed by atoms with Crippen molar-refractivity contribution in [2.45, 2.75) is 59.3 Å². The largest absolute Gasteiger partial charge is 0.300 e. The van der Waals surface area contributed by atoms with Gasteiger partial charge in [-0.05, 0) is 31.1 Å². The van der Waals surface area contributed by atoms with Crippen molar-refractivity contribution < 1.29 is 4.79 Å². The summed E-state index contributed by atoms with van der Waals surface area (Å²) in [7, 11) is 0. The minimum Gasteiger partial charge on any atom is -0.300 e. The number of carbonyl (C=O) groups is 1. The van der Waals surface area contributed by atoms with E-state index in [1.807, 2.05) is 0 Å². The summed E-state index contributed by atoms with van der Waals surface area (Å²) < 4.78 is 0. The third-order valence-corrected chi connectivity index (χ3v) is 3.51. The molecule has 1 nitrogen and oxygen atoms in total. The van der Waals surface area contributed by atoms with Crippen molar-refractivity contribution in [1.29, 1.82) is 0 Å². The van der Waals surface area contributed by atoms with Crippen molar-refractivity contribution in [3.8, 4) is 0 Å². The number of Topliss-reactive ketones (excluding diaryl/α,β-unsaturated/α-hetero) is 1. The second kappa shape index (κ2) is 4.26. The van der Waals surface area contributed by atoms with Crippen LogP contribution in [-0.2, 0) is 4.79 Å². The van der Waals surface area contributed by atoms with Gasteiger partial charge in [-0.25, -0.2) is 0 Å². The average molecular weight is 182 g/mol. The van der Waals surface area contributed by atoms with Gasteiger partial charge in [0.2, 0.25) is 0 Å². The Morgan fingerprint density at radius 2 is 2.00 bits per heavy atom. The van der Waals surface area contributed by atoms with E-state index in [0.717, 1.165) is 6.42 Å². The van der Waals surface area contributed by atoms with Gasteiger partial charge in [0.05, 0.1) is 0 Å². The molecule has 0 aromatic heterocycles. The number of rotatable bonds is 2. The average Bonchev–Trinajstić information content (AvgIpc) is 2.13. The molecule has 76 valence electrons. The van der Waals surface area contributed by atoms with Gasteiger partial charge in [-0.15, -0.1) is 0 Å². The van der Waals surface area contributed by atoms with E-state index >= 15 is 0 Å². The third-order valence-electron chi connectivity index (χ3n) is 3.51. The van der Waals surface area contributed by atoms with Crippen molar-refractivity contribution >= 4 is 5.78 Å².